The van der Waals surface area contributed by atoms with Crippen molar-refractivity contribution in [3.05, 3.63) is 34.9 Å². The minimum Gasteiger partial charge on any atom is -0.356 e. The Morgan fingerprint density at radius 2 is 2.10 bits per heavy atom. The van der Waals surface area contributed by atoms with Gasteiger partial charge in [0.25, 0.3) is 0 Å². The highest BCUT2D eigenvalue weighted by atomic mass is 35.5. The molecule has 0 aromatic carbocycles. The average molecular weight is 310 g/mol. The van der Waals surface area contributed by atoms with Gasteiger partial charge in [-0.25, -0.2) is 0 Å². The number of nitrogens with one attached hydrogen (secondary N) is 1. The molecule has 6 nitrogen and oxygen atoms in total. The third-order valence-electron chi connectivity index (χ3n) is 3.11. The van der Waals surface area contributed by atoms with Gasteiger partial charge in [-0.3, -0.25) is 14.2 Å². The lowest BCUT2D eigenvalue weighted by molar-refractivity contribution is -0.121. The van der Waals surface area contributed by atoms with E-state index in [9.17, 15) is 4.79 Å². The van der Waals surface area contributed by atoms with Crippen molar-refractivity contribution in [2.75, 3.05) is 6.54 Å². The first-order valence-corrected chi connectivity index (χ1v) is 7.38. The van der Waals surface area contributed by atoms with Crippen molar-refractivity contribution >= 4 is 17.5 Å². The van der Waals surface area contributed by atoms with E-state index in [1.165, 1.54) is 0 Å². The van der Waals surface area contributed by atoms with Crippen LogP contribution in [0.2, 0.25) is 5.02 Å². The Hall–Kier alpha value is -1.82. The monoisotopic (exact) mass is 309 g/mol. The Kier molecular flexibility index (Phi) is 5.38. The lowest BCUT2D eigenvalue weighted by atomic mass is 10.3. The molecule has 2 rings (SSSR count). The quantitative estimate of drug-likeness (QED) is 0.795. The van der Waals surface area contributed by atoms with Crippen LogP contribution in [0.25, 0.3) is 0 Å². The van der Waals surface area contributed by atoms with Gasteiger partial charge in [0.05, 0.1) is 16.4 Å². The van der Waals surface area contributed by atoms with E-state index in [0.717, 1.165) is 24.4 Å². The fourth-order valence-corrected chi connectivity index (χ4v) is 2.12. The Bertz CT molecular complexity index is 585. The highest BCUT2D eigenvalue weighted by Gasteiger charge is 2.04. The first-order chi connectivity index (χ1) is 10.0. The smallest absolute Gasteiger partial charge is 0.221 e. The number of hydrogen-bond acceptors (Lipinski definition) is 3. The zero-order chi connectivity index (χ0) is 15.2. The zero-order valence-electron chi connectivity index (χ0n) is 12.3. The zero-order valence-corrected chi connectivity index (χ0v) is 13.1. The number of amides is 1. The van der Waals surface area contributed by atoms with Gasteiger partial charge >= 0.3 is 0 Å². The van der Waals surface area contributed by atoms with E-state index in [1.54, 1.807) is 15.6 Å². The molecule has 0 aliphatic heterocycles. The normalized spacial score (nSPS) is 10.8. The van der Waals surface area contributed by atoms with Crippen molar-refractivity contribution in [2.45, 2.75) is 39.8 Å². The van der Waals surface area contributed by atoms with E-state index < -0.39 is 0 Å². The van der Waals surface area contributed by atoms with Crippen LogP contribution in [0.1, 0.15) is 24.2 Å². The summed E-state index contributed by atoms with van der Waals surface area (Å²) in [5.41, 5.74) is 1.79. The maximum absolute atomic E-state index is 11.7. The van der Waals surface area contributed by atoms with Crippen molar-refractivity contribution in [1.29, 1.82) is 0 Å². The Labute approximate surface area is 129 Å². The van der Waals surface area contributed by atoms with Crippen molar-refractivity contribution in [3.63, 3.8) is 0 Å². The number of carbonyl (C=O) groups is 1. The summed E-state index contributed by atoms with van der Waals surface area (Å²) in [6.45, 7) is 5.78. The molecule has 1 N–H and O–H groups in total. The molecule has 0 atom stereocenters. The molecule has 1 amide bonds. The topological polar surface area (TPSA) is 64.7 Å². The van der Waals surface area contributed by atoms with E-state index in [1.807, 2.05) is 26.1 Å². The molecule has 21 heavy (non-hydrogen) atoms. The number of hydrogen-bond donors (Lipinski definition) is 1. The fourth-order valence-electron chi connectivity index (χ4n) is 1.97. The second-order valence-corrected chi connectivity index (χ2v) is 5.41. The molecule has 0 aliphatic carbocycles. The van der Waals surface area contributed by atoms with Gasteiger partial charge in [-0.1, -0.05) is 11.6 Å². The third kappa shape index (κ3) is 4.90. The first-order valence-electron chi connectivity index (χ1n) is 7.01. The van der Waals surface area contributed by atoms with Crippen LogP contribution < -0.4 is 5.32 Å². The fraction of sp³-hybridized carbons (Fsp3) is 0.500. The second-order valence-electron chi connectivity index (χ2n) is 5.00. The molecule has 2 aromatic rings. The van der Waals surface area contributed by atoms with Gasteiger partial charge in [-0.2, -0.15) is 10.2 Å². The maximum Gasteiger partial charge on any atom is 0.221 e. The molecular formula is C14H20ClN5O. The van der Waals surface area contributed by atoms with Crippen molar-refractivity contribution in [3.8, 4) is 0 Å². The molecular weight excluding hydrogens is 290 g/mol. The summed E-state index contributed by atoms with van der Waals surface area (Å²) in [7, 11) is 0. The van der Waals surface area contributed by atoms with Crippen LogP contribution in [0.5, 0.6) is 0 Å². The van der Waals surface area contributed by atoms with Gasteiger partial charge in [-0.15, -0.1) is 0 Å². The van der Waals surface area contributed by atoms with Gasteiger partial charge in [-0.05, 0) is 26.3 Å². The largest absolute Gasteiger partial charge is 0.356 e. The molecule has 0 bridgehead atoms. The number of halogens is 1. The molecule has 0 spiro atoms. The minimum absolute atomic E-state index is 0.0397. The molecule has 2 aromatic heterocycles. The average Bonchev–Trinajstić information content (AvgIpc) is 2.99. The number of carbonyl (C=O) groups excluding carboxylic acids is 1. The van der Waals surface area contributed by atoms with Gasteiger partial charge in [0, 0.05) is 38.4 Å². The molecule has 0 aliphatic rings. The SMILES string of the molecule is Cc1ccn(CCC(=O)NCCCn2cc(Cl)c(C)n2)n1. The van der Waals surface area contributed by atoms with E-state index in [-0.39, 0.29) is 5.91 Å². The van der Waals surface area contributed by atoms with Crippen LogP contribution in [0.4, 0.5) is 0 Å². The first kappa shape index (κ1) is 15.6. The highest BCUT2D eigenvalue weighted by Crippen LogP contribution is 2.11. The molecule has 0 saturated carbocycles. The van der Waals surface area contributed by atoms with E-state index >= 15 is 0 Å². The van der Waals surface area contributed by atoms with E-state index in [2.05, 4.69) is 15.5 Å². The molecule has 0 unspecified atom stereocenters. The Morgan fingerprint density at radius 1 is 1.29 bits per heavy atom. The second kappa shape index (κ2) is 7.26. The lowest BCUT2D eigenvalue weighted by Crippen LogP contribution is -2.26. The summed E-state index contributed by atoms with van der Waals surface area (Å²) in [5, 5.41) is 12.1. The summed E-state index contributed by atoms with van der Waals surface area (Å²) >= 11 is 5.93. The molecule has 0 radical (unpaired) electrons. The van der Waals surface area contributed by atoms with Crippen LogP contribution in [0.15, 0.2) is 18.5 Å². The number of rotatable bonds is 7. The van der Waals surface area contributed by atoms with Crippen LogP contribution in [0.3, 0.4) is 0 Å². The molecule has 114 valence electrons. The van der Waals surface area contributed by atoms with Gasteiger partial charge in [0.1, 0.15) is 0 Å². The van der Waals surface area contributed by atoms with Crippen LogP contribution in [-0.2, 0) is 17.9 Å². The van der Waals surface area contributed by atoms with Gasteiger partial charge in [0.15, 0.2) is 0 Å². The van der Waals surface area contributed by atoms with Crippen LogP contribution in [0, 0.1) is 13.8 Å². The van der Waals surface area contributed by atoms with Gasteiger partial charge < -0.3 is 5.32 Å². The summed E-state index contributed by atoms with van der Waals surface area (Å²) in [6, 6.07) is 1.93. The van der Waals surface area contributed by atoms with Crippen LogP contribution in [-0.4, -0.2) is 32.0 Å². The van der Waals surface area contributed by atoms with Crippen molar-refractivity contribution < 1.29 is 4.79 Å². The molecule has 0 saturated heterocycles. The predicted molar refractivity (Wildman–Crippen MR) is 81.2 cm³/mol. The van der Waals surface area contributed by atoms with Crippen molar-refractivity contribution in [2.24, 2.45) is 0 Å². The van der Waals surface area contributed by atoms with Gasteiger partial charge in [0.2, 0.25) is 5.91 Å². The summed E-state index contributed by atoms with van der Waals surface area (Å²) in [6.07, 6.45) is 4.95. The van der Waals surface area contributed by atoms with Crippen LogP contribution >= 0.6 is 11.6 Å². The van der Waals surface area contributed by atoms with Crippen molar-refractivity contribution in [1.82, 2.24) is 24.9 Å². The minimum atomic E-state index is 0.0397. The third-order valence-corrected chi connectivity index (χ3v) is 3.49. The number of aryl methyl sites for hydroxylation is 4. The number of aromatic nitrogens is 4. The predicted octanol–water partition coefficient (Wildman–Crippen LogP) is 1.95. The standard InChI is InChI=1S/C14H20ClN5O/c1-11-4-8-19(17-11)9-5-14(21)16-6-3-7-20-10-13(15)12(2)18-20/h4,8,10H,3,5-7,9H2,1-2H3,(H,16,21). The Balaban J connectivity index is 1.61. The number of nitrogens with zero attached hydrogens (tertiary/aromatic N) is 4. The van der Waals surface area contributed by atoms with E-state index in [0.29, 0.717) is 24.5 Å². The highest BCUT2D eigenvalue weighted by molar-refractivity contribution is 6.31. The lowest BCUT2D eigenvalue weighted by Gasteiger charge is -2.05. The summed E-state index contributed by atoms with van der Waals surface area (Å²) in [4.78, 5) is 11.7. The summed E-state index contributed by atoms with van der Waals surface area (Å²) < 4.78 is 3.58. The molecule has 0 fully saturated rings. The summed E-state index contributed by atoms with van der Waals surface area (Å²) in [5.74, 6) is 0.0397. The Morgan fingerprint density at radius 3 is 2.71 bits per heavy atom. The maximum atomic E-state index is 11.7. The molecule has 7 heteroatoms. The van der Waals surface area contributed by atoms with E-state index in [4.69, 9.17) is 11.6 Å². The molecule has 2 heterocycles.